The van der Waals surface area contributed by atoms with Gasteiger partial charge in [-0.15, -0.1) is 0 Å². The highest BCUT2D eigenvalue weighted by Gasteiger charge is 2.34. The zero-order chi connectivity index (χ0) is 14.6. The molecule has 20 heavy (non-hydrogen) atoms. The van der Waals surface area contributed by atoms with Gasteiger partial charge in [0.1, 0.15) is 0 Å². The first-order chi connectivity index (χ1) is 9.53. The summed E-state index contributed by atoms with van der Waals surface area (Å²) in [6, 6.07) is 5.71. The minimum Gasteiger partial charge on any atom is -0.450 e. The fourth-order valence-electron chi connectivity index (χ4n) is 2.74. The Morgan fingerprint density at radius 1 is 1.40 bits per heavy atom. The van der Waals surface area contributed by atoms with Crippen LogP contribution >= 0.6 is 23.2 Å². The topological polar surface area (TPSA) is 64.4 Å². The van der Waals surface area contributed by atoms with Crippen molar-refractivity contribution < 1.29 is 9.53 Å². The molecule has 0 radical (unpaired) electrons. The first kappa shape index (κ1) is 15.4. The Morgan fingerprint density at radius 2 is 2.20 bits per heavy atom. The van der Waals surface area contributed by atoms with Gasteiger partial charge in [0.15, 0.2) is 0 Å². The first-order valence-electron chi connectivity index (χ1n) is 6.62. The van der Waals surface area contributed by atoms with Gasteiger partial charge in [-0.1, -0.05) is 29.3 Å². The van der Waals surface area contributed by atoms with Gasteiger partial charge in [-0.2, -0.15) is 0 Å². The molecule has 0 aliphatic carbocycles. The fourth-order valence-corrected chi connectivity index (χ4v) is 3.04. The molecule has 1 aliphatic rings. The molecule has 1 fully saturated rings. The molecule has 1 amide bonds. The second-order valence-corrected chi connectivity index (χ2v) is 5.92. The molecule has 6 heteroatoms. The quantitative estimate of drug-likeness (QED) is 0.897. The second-order valence-electron chi connectivity index (χ2n) is 5.11. The monoisotopic (exact) mass is 316 g/mol. The Balaban J connectivity index is 2.21. The Bertz CT molecular complexity index is 488. The lowest BCUT2D eigenvalue weighted by Gasteiger charge is -2.38. The van der Waals surface area contributed by atoms with Crippen LogP contribution in [0.1, 0.15) is 24.8 Å². The number of carbonyl (C=O) groups is 1. The van der Waals surface area contributed by atoms with Crippen LogP contribution in [-0.4, -0.2) is 25.8 Å². The van der Waals surface area contributed by atoms with E-state index in [1.54, 1.807) is 0 Å². The molecule has 110 valence electrons. The summed E-state index contributed by atoms with van der Waals surface area (Å²) in [5.41, 5.74) is 6.04. The molecule has 0 spiro atoms. The molecule has 3 N–H and O–H groups in total. The highest BCUT2D eigenvalue weighted by atomic mass is 35.5. The lowest BCUT2D eigenvalue weighted by Crippen LogP contribution is -2.44. The molecular formula is C14H18Cl2N2O2. The minimum atomic E-state index is -0.738. The number of piperidine rings is 1. The summed E-state index contributed by atoms with van der Waals surface area (Å²) in [7, 11) is 0. The van der Waals surface area contributed by atoms with Gasteiger partial charge in [0.05, 0.1) is 16.7 Å². The van der Waals surface area contributed by atoms with Crippen molar-refractivity contribution in [1.29, 1.82) is 0 Å². The van der Waals surface area contributed by atoms with Gasteiger partial charge in [0.2, 0.25) is 0 Å². The van der Waals surface area contributed by atoms with Crippen molar-refractivity contribution >= 4 is 29.3 Å². The number of ether oxygens (including phenoxy) is 1. The highest BCUT2D eigenvalue weighted by Crippen LogP contribution is 2.37. The summed E-state index contributed by atoms with van der Waals surface area (Å²) in [5, 5.41) is 4.49. The Morgan fingerprint density at radius 3 is 2.80 bits per heavy atom. The summed E-state index contributed by atoms with van der Waals surface area (Å²) < 4.78 is 4.90. The van der Waals surface area contributed by atoms with Crippen LogP contribution in [-0.2, 0) is 10.2 Å². The van der Waals surface area contributed by atoms with Crippen molar-refractivity contribution in [3.05, 3.63) is 33.8 Å². The smallest absolute Gasteiger partial charge is 0.404 e. The number of rotatable bonds is 4. The lowest BCUT2D eigenvalue weighted by molar-refractivity contribution is 0.138. The second kappa shape index (κ2) is 6.66. The van der Waals surface area contributed by atoms with Gasteiger partial charge in [-0.05, 0) is 43.5 Å². The predicted molar refractivity (Wildman–Crippen MR) is 80.4 cm³/mol. The van der Waals surface area contributed by atoms with E-state index in [-0.39, 0.29) is 5.41 Å². The number of benzene rings is 1. The maximum atomic E-state index is 10.7. The molecule has 1 aromatic rings. The molecule has 0 saturated carbocycles. The van der Waals surface area contributed by atoms with Gasteiger partial charge in [0.25, 0.3) is 0 Å². The van der Waals surface area contributed by atoms with E-state index < -0.39 is 6.09 Å². The van der Waals surface area contributed by atoms with E-state index >= 15 is 0 Å². The van der Waals surface area contributed by atoms with E-state index in [9.17, 15) is 4.79 Å². The summed E-state index contributed by atoms with van der Waals surface area (Å²) >= 11 is 12.1. The third-order valence-corrected chi connectivity index (χ3v) is 4.57. The summed E-state index contributed by atoms with van der Waals surface area (Å²) in [6.45, 7) is 2.13. The SMILES string of the molecule is NC(=O)OCCC1(c2ccc(Cl)c(Cl)c2)CCCNC1. The first-order valence-corrected chi connectivity index (χ1v) is 7.38. The number of carbonyl (C=O) groups excluding carboxylic acids is 1. The largest absolute Gasteiger partial charge is 0.450 e. The van der Waals surface area contributed by atoms with Crippen molar-refractivity contribution in [1.82, 2.24) is 5.32 Å². The van der Waals surface area contributed by atoms with Crippen molar-refractivity contribution in [2.45, 2.75) is 24.7 Å². The molecular weight excluding hydrogens is 299 g/mol. The van der Waals surface area contributed by atoms with Crippen molar-refractivity contribution in [3.8, 4) is 0 Å². The predicted octanol–water partition coefficient (Wildman–Crippen LogP) is 3.10. The third-order valence-electron chi connectivity index (χ3n) is 3.83. The maximum absolute atomic E-state index is 10.7. The number of nitrogens with two attached hydrogens (primary N) is 1. The number of amides is 1. The van der Waals surface area contributed by atoms with Gasteiger partial charge in [-0.3, -0.25) is 0 Å². The van der Waals surface area contributed by atoms with Crippen LogP contribution in [0.25, 0.3) is 0 Å². The summed E-state index contributed by atoms with van der Waals surface area (Å²) in [5.74, 6) is 0. The fraction of sp³-hybridized carbons (Fsp3) is 0.500. The number of hydrogen-bond acceptors (Lipinski definition) is 3. The Hall–Kier alpha value is -0.970. The van der Waals surface area contributed by atoms with Crippen LogP contribution in [0.5, 0.6) is 0 Å². The van der Waals surface area contributed by atoms with Gasteiger partial charge in [0, 0.05) is 12.0 Å². The Kier molecular flexibility index (Phi) is 5.13. The van der Waals surface area contributed by atoms with E-state index in [0.29, 0.717) is 23.1 Å². The van der Waals surface area contributed by atoms with E-state index in [4.69, 9.17) is 33.7 Å². The van der Waals surface area contributed by atoms with Gasteiger partial charge < -0.3 is 15.8 Å². The molecule has 0 aromatic heterocycles. The molecule has 2 rings (SSSR count). The van der Waals surface area contributed by atoms with Crippen molar-refractivity contribution in [3.63, 3.8) is 0 Å². The summed E-state index contributed by atoms with van der Waals surface area (Å²) in [6.07, 6.45) is 2.05. The standard InChI is InChI=1S/C14H18Cl2N2O2/c15-11-3-2-10(8-12(11)16)14(4-1-6-18-9-14)5-7-20-13(17)19/h2-3,8,18H,1,4-7,9H2,(H2,17,19). The molecule has 0 bridgehead atoms. The molecule has 1 unspecified atom stereocenters. The normalized spacial score (nSPS) is 22.5. The number of primary amides is 1. The molecule has 1 heterocycles. The zero-order valence-electron chi connectivity index (χ0n) is 11.1. The van der Waals surface area contributed by atoms with Crippen LogP contribution < -0.4 is 11.1 Å². The van der Waals surface area contributed by atoms with E-state index in [1.807, 2.05) is 18.2 Å². The molecule has 1 aliphatic heterocycles. The average Bonchev–Trinajstić information content (AvgIpc) is 2.42. The van der Waals surface area contributed by atoms with Crippen LogP contribution in [0.3, 0.4) is 0 Å². The lowest BCUT2D eigenvalue weighted by atomic mass is 9.72. The molecule has 1 aromatic carbocycles. The zero-order valence-corrected chi connectivity index (χ0v) is 12.6. The van der Waals surface area contributed by atoms with E-state index in [2.05, 4.69) is 5.32 Å². The van der Waals surface area contributed by atoms with Crippen molar-refractivity contribution in [2.75, 3.05) is 19.7 Å². The van der Waals surface area contributed by atoms with Crippen LogP contribution in [0, 0.1) is 0 Å². The third kappa shape index (κ3) is 3.57. The number of nitrogens with one attached hydrogen (secondary N) is 1. The number of halogens is 2. The molecule has 1 atom stereocenters. The van der Waals surface area contributed by atoms with E-state index in [0.717, 1.165) is 31.5 Å². The number of hydrogen-bond donors (Lipinski definition) is 2. The molecule has 1 saturated heterocycles. The van der Waals surface area contributed by atoms with Crippen LogP contribution in [0.2, 0.25) is 10.0 Å². The maximum Gasteiger partial charge on any atom is 0.404 e. The average molecular weight is 317 g/mol. The van der Waals surface area contributed by atoms with Crippen LogP contribution in [0.4, 0.5) is 4.79 Å². The van der Waals surface area contributed by atoms with Crippen molar-refractivity contribution in [2.24, 2.45) is 5.73 Å². The molecule has 4 nitrogen and oxygen atoms in total. The van der Waals surface area contributed by atoms with Gasteiger partial charge in [-0.25, -0.2) is 4.79 Å². The minimum absolute atomic E-state index is 0.0953. The Labute approximate surface area is 128 Å². The van der Waals surface area contributed by atoms with E-state index in [1.165, 1.54) is 0 Å². The summed E-state index contributed by atoms with van der Waals surface area (Å²) in [4.78, 5) is 10.7. The van der Waals surface area contributed by atoms with Gasteiger partial charge >= 0.3 is 6.09 Å². The highest BCUT2D eigenvalue weighted by molar-refractivity contribution is 6.42. The van der Waals surface area contributed by atoms with Crippen LogP contribution in [0.15, 0.2) is 18.2 Å².